The Morgan fingerprint density at radius 2 is 2.25 bits per heavy atom. The second kappa shape index (κ2) is 6.58. The third kappa shape index (κ3) is 4.49. The number of likely N-dealkylation sites (tertiary alicyclic amines) is 1. The summed E-state index contributed by atoms with van der Waals surface area (Å²) in [4.78, 5) is 5.57. The van der Waals surface area contributed by atoms with E-state index in [4.69, 9.17) is 0 Å². The van der Waals surface area contributed by atoms with Crippen LogP contribution in [-0.4, -0.2) is 46.8 Å². The number of imidazole rings is 1. The lowest BCUT2D eigenvalue weighted by molar-refractivity contribution is -0.143. The molecule has 1 atom stereocenters. The zero-order valence-electron chi connectivity index (χ0n) is 11.7. The number of halogens is 3. The van der Waals surface area contributed by atoms with Crippen molar-refractivity contribution in [1.29, 1.82) is 0 Å². The first-order chi connectivity index (χ1) is 9.48. The monoisotopic (exact) mass is 290 g/mol. The number of aryl methyl sites for hydroxylation is 1. The zero-order valence-corrected chi connectivity index (χ0v) is 11.7. The molecule has 4 nitrogen and oxygen atoms in total. The molecule has 114 valence electrons. The first-order valence-electron chi connectivity index (χ1n) is 6.96. The molecule has 0 amide bonds. The maximum atomic E-state index is 12.3. The summed E-state index contributed by atoms with van der Waals surface area (Å²) in [5.41, 5.74) is 1.11. The number of rotatable bonds is 6. The molecule has 0 saturated carbocycles. The molecule has 2 heterocycles. The van der Waals surface area contributed by atoms with Crippen LogP contribution in [0.25, 0.3) is 0 Å². The van der Waals surface area contributed by atoms with E-state index < -0.39 is 12.7 Å². The maximum absolute atomic E-state index is 12.3. The summed E-state index contributed by atoms with van der Waals surface area (Å²) in [6.45, 7) is 4.67. The minimum Gasteiger partial charge on any atom is -0.334 e. The van der Waals surface area contributed by atoms with Gasteiger partial charge in [-0.05, 0) is 32.4 Å². The van der Waals surface area contributed by atoms with Gasteiger partial charge in [0.1, 0.15) is 0 Å². The highest BCUT2D eigenvalue weighted by atomic mass is 19.4. The van der Waals surface area contributed by atoms with E-state index in [1.807, 2.05) is 6.20 Å². The van der Waals surface area contributed by atoms with Crippen LogP contribution < -0.4 is 5.32 Å². The molecule has 1 aliphatic rings. The molecule has 0 aromatic carbocycles. The topological polar surface area (TPSA) is 33.1 Å². The molecule has 0 spiro atoms. The Balaban J connectivity index is 1.68. The van der Waals surface area contributed by atoms with Crippen LogP contribution in [0, 0.1) is 5.92 Å². The molecule has 1 fully saturated rings. The van der Waals surface area contributed by atoms with E-state index in [1.54, 1.807) is 6.33 Å². The highest BCUT2D eigenvalue weighted by Gasteiger charge is 2.34. The van der Waals surface area contributed by atoms with Gasteiger partial charge < -0.3 is 9.88 Å². The molecular formula is C13H21F3N4. The van der Waals surface area contributed by atoms with Crippen LogP contribution in [0.4, 0.5) is 13.2 Å². The lowest BCUT2D eigenvalue weighted by Crippen LogP contribution is -2.33. The van der Waals surface area contributed by atoms with Gasteiger partial charge in [-0.2, -0.15) is 13.2 Å². The first kappa shape index (κ1) is 15.3. The van der Waals surface area contributed by atoms with Gasteiger partial charge in [0.2, 0.25) is 0 Å². The highest BCUT2D eigenvalue weighted by molar-refractivity contribution is 4.97. The molecule has 1 aromatic heterocycles. The quantitative estimate of drug-likeness (QED) is 0.868. The summed E-state index contributed by atoms with van der Waals surface area (Å²) in [5.74, 6) is 0.301. The van der Waals surface area contributed by atoms with E-state index in [9.17, 15) is 13.2 Å². The van der Waals surface area contributed by atoms with Gasteiger partial charge >= 0.3 is 6.18 Å². The summed E-state index contributed by atoms with van der Waals surface area (Å²) in [5, 5.41) is 3.32. The Morgan fingerprint density at radius 1 is 1.45 bits per heavy atom. The number of nitrogens with one attached hydrogen (secondary N) is 1. The Labute approximate surface area is 117 Å². The molecule has 0 radical (unpaired) electrons. The Morgan fingerprint density at radius 3 is 2.95 bits per heavy atom. The zero-order chi connectivity index (χ0) is 14.6. The fraction of sp³-hybridized carbons (Fsp3) is 0.769. The van der Waals surface area contributed by atoms with E-state index >= 15 is 0 Å². The Kier molecular flexibility index (Phi) is 5.04. The molecule has 0 aliphatic carbocycles. The van der Waals surface area contributed by atoms with E-state index in [1.165, 1.54) is 4.90 Å². The van der Waals surface area contributed by atoms with Crippen LogP contribution in [-0.2, 0) is 13.1 Å². The number of alkyl halides is 3. The largest absolute Gasteiger partial charge is 0.401 e. The Hall–Kier alpha value is -1.08. The third-order valence-corrected chi connectivity index (χ3v) is 3.65. The molecule has 1 N–H and O–H groups in total. The number of nitrogens with zero attached hydrogens (tertiary/aromatic N) is 3. The smallest absolute Gasteiger partial charge is 0.334 e. The van der Waals surface area contributed by atoms with Crippen LogP contribution in [0.1, 0.15) is 19.0 Å². The fourth-order valence-electron chi connectivity index (χ4n) is 2.66. The van der Waals surface area contributed by atoms with Crippen molar-refractivity contribution in [2.45, 2.75) is 32.6 Å². The first-order valence-corrected chi connectivity index (χ1v) is 6.96. The van der Waals surface area contributed by atoms with E-state index in [2.05, 4.69) is 21.8 Å². The maximum Gasteiger partial charge on any atom is 0.401 e. The van der Waals surface area contributed by atoms with Crippen LogP contribution in [0.15, 0.2) is 12.5 Å². The molecular weight excluding hydrogens is 269 g/mol. The SMILES string of the molecule is CCn1cncc1CNCC1CCN(CC(F)(F)F)C1. The van der Waals surface area contributed by atoms with Gasteiger partial charge in [0.05, 0.1) is 18.6 Å². The number of aromatic nitrogens is 2. The van der Waals surface area contributed by atoms with Crippen LogP contribution in [0.5, 0.6) is 0 Å². The average Bonchev–Trinajstić information content (AvgIpc) is 2.96. The van der Waals surface area contributed by atoms with Gasteiger partial charge in [-0.15, -0.1) is 0 Å². The van der Waals surface area contributed by atoms with Gasteiger partial charge in [-0.1, -0.05) is 0 Å². The average molecular weight is 290 g/mol. The lowest BCUT2D eigenvalue weighted by Gasteiger charge is -2.18. The van der Waals surface area contributed by atoms with Crippen molar-refractivity contribution in [2.24, 2.45) is 5.92 Å². The van der Waals surface area contributed by atoms with Crippen molar-refractivity contribution in [3.05, 3.63) is 18.2 Å². The van der Waals surface area contributed by atoms with Gasteiger partial charge in [0.25, 0.3) is 0 Å². The molecule has 1 aromatic rings. The normalized spacial score (nSPS) is 20.7. The van der Waals surface area contributed by atoms with E-state index in [0.29, 0.717) is 25.6 Å². The third-order valence-electron chi connectivity index (χ3n) is 3.65. The second-order valence-electron chi connectivity index (χ2n) is 5.31. The summed E-state index contributed by atoms with van der Waals surface area (Å²) >= 11 is 0. The molecule has 20 heavy (non-hydrogen) atoms. The highest BCUT2D eigenvalue weighted by Crippen LogP contribution is 2.22. The van der Waals surface area contributed by atoms with Gasteiger partial charge in [-0.25, -0.2) is 4.98 Å². The van der Waals surface area contributed by atoms with E-state index in [-0.39, 0.29) is 0 Å². The summed E-state index contributed by atoms with van der Waals surface area (Å²) in [6.07, 6.45) is 0.352. The lowest BCUT2D eigenvalue weighted by atomic mass is 10.1. The second-order valence-corrected chi connectivity index (χ2v) is 5.31. The Bertz CT molecular complexity index is 416. The molecule has 1 saturated heterocycles. The van der Waals surface area contributed by atoms with Crippen molar-refractivity contribution < 1.29 is 13.2 Å². The summed E-state index contributed by atoms with van der Waals surface area (Å²) < 4.78 is 38.9. The predicted molar refractivity (Wildman–Crippen MR) is 70.2 cm³/mol. The molecule has 1 unspecified atom stereocenters. The standard InChI is InChI=1S/C13H21F3N4/c1-2-20-10-18-7-12(20)6-17-5-11-3-4-19(8-11)9-13(14,15)16/h7,10-11,17H,2-6,8-9H2,1H3. The van der Waals surface area contributed by atoms with Gasteiger partial charge in [0, 0.05) is 25.8 Å². The minimum atomic E-state index is -4.09. The summed E-state index contributed by atoms with van der Waals surface area (Å²) in [7, 11) is 0. The minimum absolute atomic E-state index is 0.301. The molecule has 2 rings (SSSR count). The molecule has 0 bridgehead atoms. The van der Waals surface area contributed by atoms with Crippen LogP contribution in [0.2, 0.25) is 0 Å². The van der Waals surface area contributed by atoms with Crippen molar-refractivity contribution in [3.63, 3.8) is 0 Å². The van der Waals surface area contributed by atoms with Crippen LogP contribution in [0.3, 0.4) is 0 Å². The van der Waals surface area contributed by atoms with Gasteiger partial charge in [-0.3, -0.25) is 4.90 Å². The van der Waals surface area contributed by atoms with Crippen molar-refractivity contribution in [2.75, 3.05) is 26.2 Å². The number of hydrogen-bond acceptors (Lipinski definition) is 3. The van der Waals surface area contributed by atoms with E-state index in [0.717, 1.165) is 25.2 Å². The summed E-state index contributed by atoms with van der Waals surface area (Å²) in [6, 6.07) is 0. The van der Waals surface area contributed by atoms with Crippen molar-refractivity contribution in [1.82, 2.24) is 19.8 Å². The van der Waals surface area contributed by atoms with Gasteiger partial charge in [0.15, 0.2) is 0 Å². The van der Waals surface area contributed by atoms with Crippen molar-refractivity contribution >= 4 is 0 Å². The molecule has 1 aliphatic heterocycles. The number of hydrogen-bond donors (Lipinski definition) is 1. The van der Waals surface area contributed by atoms with Crippen LogP contribution >= 0.6 is 0 Å². The fourth-order valence-corrected chi connectivity index (χ4v) is 2.66. The van der Waals surface area contributed by atoms with Crippen molar-refractivity contribution in [3.8, 4) is 0 Å². The predicted octanol–water partition coefficient (Wildman–Crippen LogP) is 1.88. The molecule has 7 heteroatoms.